The molecular formula is C14H13BrClFN2O. The molecule has 106 valence electrons. The molecule has 0 aliphatic carbocycles. The summed E-state index contributed by atoms with van der Waals surface area (Å²) in [6.07, 6.45) is 0. The number of methoxy groups -OCH3 is 1. The van der Waals surface area contributed by atoms with Gasteiger partial charge in [0.2, 0.25) is 0 Å². The minimum absolute atomic E-state index is 0.368. The molecule has 3 nitrogen and oxygen atoms in total. The zero-order chi connectivity index (χ0) is 14.7. The summed E-state index contributed by atoms with van der Waals surface area (Å²) in [4.78, 5) is 0. The highest BCUT2D eigenvalue weighted by molar-refractivity contribution is 9.10. The van der Waals surface area contributed by atoms with Gasteiger partial charge in [-0.2, -0.15) is 0 Å². The van der Waals surface area contributed by atoms with E-state index in [2.05, 4.69) is 21.4 Å². The first-order valence-electron chi connectivity index (χ1n) is 5.81. The van der Waals surface area contributed by atoms with Gasteiger partial charge >= 0.3 is 0 Å². The molecule has 2 aromatic rings. The molecule has 0 radical (unpaired) electrons. The lowest BCUT2D eigenvalue weighted by Gasteiger charge is -2.21. The number of nitrogens with two attached hydrogens (primary N) is 1. The molecule has 2 rings (SSSR count). The van der Waals surface area contributed by atoms with E-state index in [9.17, 15) is 4.39 Å². The van der Waals surface area contributed by atoms with E-state index in [0.29, 0.717) is 16.3 Å². The molecule has 0 fully saturated rings. The number of nitrogens with one attached hydrogen (secondary N) is 1. The van der Waals surface area contributed by atoms with E-state index in [4.69, 9.17) is 22.2 Å². The summed E-state index contributed by atoms with van der Waals surface area (Å²) in [6, 6.07) is 9.18. The van der Waals surface area contributed by atoms with Crippen LogP contribution in [0.4, 0.5) is 4.39 Å². The first-order valence-corrected chi connectivity index (χ1v) is 6.98. The number of rotatable bonds is 4. The molecule has 0 heterocycles. The molecule has 6 heteroatoms. The van der Waals surface area contributed by atoms with Crippen LogP contribution in [0.1, 0.15) is 17.2 Å². The Morgan fingerprint density at radius 1 is 1.25 bits per heavy atom. The molecule has 0 saturated heterocycles. The van der Waals surface area contributed by atoms with Gasteiger partial charge in [0, 0.05) is 15.1 Å². The summed E-state index contributed by atoms with van der Waals surface area (Å²) < 4.78 is 19.6. The van der Waals surface area contributed by atoms with Gasteiger partial charge in [0.15, 0.2) is 0 Å². The van der Waals surface area contributed by atoms with Gasteiger partial charge in [-0.25, -0.2) is 9.82 Å². The maximum atomic E-state index is 13.5. The fourth-order valence-electron chi connectivity index (χ4n) is 2.01. The largest absolute Gasteiger partial charge is 0.496 e. The maximum absolute atomic E-state index is 13.5. The second-order valence-corrected chi connectivity index (χ2v) is 5.47. The van der Waals surface area contributed by atoms with Crippen LogP contribution in [0, 0.1) is 5.82 Å². The third-order valence-corrected chi connectivity index (χ3v) is 3.78. The SMILES string of the molecule is COc1ccc(F)cc1C(NN)c1cc(Br)ccc1Cl. The van der Waals surface area contributed by atoms with Gasteiger partial charge in [-0.1, -0.05) is 27.5 Å². The third-order valence-electron chi connectivity index (χ3n) is 2.94. The Morgan fingerprint density at radius 2 is 2.00 bits per heavy atom. The van der Waals surface area contributed by atoms with Gasteiger partial charge in [-0.05, 0) is 42.0 Å². The Labute approximate surface area is 130 Å². The Balaban J connectivity index is 2.57. The number of ether oxygens (including phenoxy) is 1. The van der Waals surface area contributed by atoms with E-state index < -0.39 is 6.04 Å². The summed E-state index contributed by atoms with van der Waals surface area (Å²) in [5.74, 6) is 5.79. The van der Waals surface area contributed by atoms with E-state index >= 15 is 0 Å². The van der Waals surface area contributed by atoms with Crippen molar-refractivity contribution in [1.82, 2.24) is 5.43 Å². The Kier molecular flexibility index (Phi) is 4.99. The van der Waals surface area contributed by atoms with Gasteiger partial charge in [-0.3, -0.25) is 5.84 Å². The lowest BCUT2D eigenvalue weighted by Crippen LogP contribution is -2.29. The van der Waals surface area contributed by atoms with Crippen LogP contribution in [0.3, 0.4) is 0 Å². The fraction of sp³-hybridized carbons (Fsp3) is 0.143. The van der Waals surface area contributed by atoms with Crippen LogP contribution in [0.5, 0.6) is 5.75 Å². The molecule has 0 aliphatic rings. The average Bonchev–Trinajstić information content (AvgIpc) is 2.44. The van der Waals surface area contributed by atoms with Crippen molar-refractivity contribution in [2.45, 2.75) is 6.04 Å². The summed E-state index contributed by atoms with van der Waals surface area (Å²) in [5, 5.41) is 0.530. The van der Waals surface area contributed by atoms with Crippen molar-refractivity contribution in [2.75, 3.05) is 7.11 Å². The second kappa shape index (κ2) is 6.54. The van der Waals surface area contributed by atoms with Gasteiger partial charge < -0.3 is 4.74 Å². The van der Waals surface area contributed by atoms with Crippen LogP contribution in [-0.4, -0.2) is 7.11 Å². The van der Waals surface area contributed by atoms with Crippen LogP contribution in [0.2, 0.25) is 5.02 Å². The first-order chi connectivity index (χ1) is 9.56. The van der Waals surface area contributed by atoms with Gasteiger partial charge in [0.1, 0.15) is 11.6 Å². The van der Waals surface area contributed by atoms with Crippen molar-refractivity contribution in [3.63, 3.8) is 0 Å². The molecule has 2 aromatic carbocycles. The van der Waals surface area contributed by atoms with E-state index in [1.807, 2.05) is 12.1 Å². The van der Waals surface area contributed by atoms with Crippen molar-refractivity contribution in [2.24, 2.45) is 5.84 Å². The summed E-state index contributed by atoms with van der Waals surface area (Å²) >= 11 is 9.59. The maximum Gasteiger partial charge on any atom is 0.124 e. The third kappa shape index (κ3) is 3.12. The van der Waals surface area contributed by atoms with Crippen LogP contribution in [-0.2, 0) is 0 Å². The number of benzene rings is 2. The quantitative estimate of drug-likeness (QED) is 0.645. The van der Waals surface area contributed by atoms with E-state index in [1.54, 1.807) is 12.1 Å². The lowest BCUT2D eigenvalue weighted by molar-refractivity contribution is 0.402. The van der Waals surface area contributed by atoms with Crippen molar-refractivity contribution in [3.05, 3.63) is 62.8 Å². The predicted molar refractivity (Wildman–Crippen MR) is 81.3 cm³/mol. The van der Waals surface area contributed by atoms with E-state index in [0.717, 1.165) is 10.0 Å². The van der Waals surface area contributed by atoms with Gasteiger partial charge in [0.05, 0.1) is 13.2 Å². The standard InChI is InChI=1S/C14H13BrClFN2O/c1-20-13-5-3-9(17)7-11(13)14(19-18)10-6-8(15)2-4-12(10)16/h2-7,14,19H,18H2,1H3. The zero-order valence-corrected chi connectivity index (χ0v) is 13.0. The van der Waals surface area contributed by atoms with Crippen LogP contribution in [0.25, 0.3) is 0 Å². The highest BCUT2D eigenvalue weighted by atomic mass is 79.9. The van der Waals surface area contributed by atoms with Crippen molar-refractivity contribution in [1.29, 1.82) is 0 Å². The Bertz CT molecular complexity index is 624. The molecule has 0 bridgehead atoms. The molecule has 1 atom stereocenters. The second-order valence-electron chi connectivity index (χ2n) is 4.15. The first kappa shape index (κ1) is 15.3. The smallest absolute Gasteiger partial charge is 0.124 e. The van der Waals surface area contributed by atoms with Gasteiger partial charge in [0.25, 0.3) is 0 Å². The van der Waals surface area contributed by atoms with Crippen molar-refractivity contribution < 1.29 is 9.13 Å². The topological polar surface area (TPSA) is 47.3 Å². The van der Waals surface area contributed by atoms with Crippen molar-refractivity contribution in [3.8, 4) is 5.75 Å². The zero-order valence-electron chi connectivity index (χ0n) is 10.7. The minimum atomic E-state index is -0.481. The summed E-state index contributed by atoms with van der Waals surface area (Å²) in [7, 11) is 1.52. The molecule has 0 amide bonds. The lowest BCUT2D eigenvalue weighted by atomic mass is 9.98. The molecule has 0 aromatic heterocycles. The number of hydrogen-bond donors (Lipinski definition) is 2. The van der Waals surface area contributed by atoms with Gasteiger partial charge in [-0.15, -0.1) is 0 Å². The van der Waals surface area contributed by atoms with Crippen LogP contribution < -0.4 is 16.0 Å². The molecular weight excluding hydrogens is 347 g/mol. The molecule has 1 unspecified atom stereocenters. The molecule has 0 saturated carbocycles. The number of hydrogen-bond acceptors (Lipinski definition) is 3. The molecule has 3 N–H and O–H groups in total. The Morgan fingerprint density at radius 3 is 2.65 bits per heavy atom. The highest BCUT2D eigenvalue weighted by Gasteiger charge is 2.20. The highest BCUT2D eigenvalue weighted by Crippen LogP contribution is 2.34. The normalized spacial score (nSPS) is 12.2. The Hall–Kier alpha value is -1.14. The fourth-order valence-corrected chi connectivity index (χ4v) is 2.62. The summed E-state index contributed by atoms with van der Waals surface area (Å²) in [5.41, 5.74) is 3.96. The summed E-state index contributed by atoms with van der Waals surface area (Å²) in [6.45, 7) is 0. The number of halogens is 3. The molecule has 0 spiro atoms. The molecule has 0 aliphatic heterocycles. The predicted octanol–water partition coefficient (Wildman–Crippen LogP) is 3.80. The van der Waals surface area contributed by atoms with E-state index in [-0.39, 0.29) is 5.82 Å². The van der Waals surface area contributed by atoms with E-state index in [1.165, 1.54) is 19.2 Å². The van der Waals surface area contributed by atoms with Crippen molar-refractivity contribution >= 4 is 27.5 Å². The monoisotopic (exact) mass is 358 g/mol. The van der Waals surface area contributed by atoms with Crippen LogP contribution in [0.15, 0.2) is 40.9 Å². The number of hydrazine groups is 1. The van der Waals surface area contributed by atoms with Crippen LogP contribution >= 0.6 is 27.5 Å². The molecule has 20 heavy (non-hydrogen) atoms. The average molecular weight is 360 g/mol. The minimum Gasteiger partial charge on any atom is -0.496 e.